The van der Waals surface area contributed by atoms with Crippen LogP contribution in [-0.4, -0.2) is 36.5 Å². The second-order valence-electron chi connectivity index (χ2n) is 3.42. The molecule has 72 valence electrons. The summed E-state index contributed by atoms with van der Waals surface area (Å²) in [5.41, 5.74) is 0. The first-order valence-corrected chi connectivity index (χ1v) is 4.78. The number of aliphatic hydroxyl groups excluding tert-OH is 1. The van der Waals surface area contributed by atoms with E-state index in [1.807, 2.05) is 6.92 Å². The summed E-state index contributed by atoms with van der Waals surface area (Å²) in [6, 6.07) is 0.124. The minimum atomic E-state index is -0.318. The van der Waals surface area contributed by atoms with Gasteiger partial charge in [0.25, 0.3) is 0 Å². The Bertz CT molecular complexity index is 126. The van der Waals surface area contributed by atoms with Crippen LogP contribution in [0, 0.1) is 0 Å². The maximum Gasteiger partial charge on any atom is 0.0753 e. The van der Waals surface area contributed by atoms with Crippen LogP contribution in [0.2, 0.25) is 0 Å². The van der Waals surface area contributed by atoms with Gasteiger partial charge in [-0.25, -0.2) is 0 Å². The van der Waals surface area contributed by atoms with Crippen molar-refractivity contribution in [2.75, 3.05) is 13.2 Å². The van der Waals surface area contributed by atoms with Crippen LogP contribution in [0.4, 0.5) is 0 Å². The summed E-state index contributed by atoms with van der Waals surface area (Å²) < 4.78 is 5.57. The Hall–Kier alpha value is -0.120. The molecule has 1 aliphatic heterocycles. The molecule has 3 unspecified atom stereocenters. The fraction of sp³-hybridized carbons (Fsp3) is 1.00. The van der Waals surface area contributed by atoms with Gasteiger partial charge in [0.15, 0.2) is 0 Å². The first-order valence-electron chi connectivity index (χ1n) is 4.78. The van der Waals surface area contributed by atoms with E-state index in [-0.39, 0.29) is 18.2 Å². The van der Waals surface area contributed by atoms with E-state index in [9.17, 15) is 5.11 Å². The van der Waals surface area contributed by atoms with Gasteiger partial charge in [0.2, 0.25) is 0 Å². The lowest BCUT2D eigenvalue weighted by molar-refractivity contribution is -0.0439. The van der Waals surface area contributed by atoms with Crippen LogP contribution >= 0.6 is 0 Å². The molecule has 0 aliphatic carbocycles. The summed E-state index contributed by atoms with van der Waals surface area (Å²) in [6.07, 6.45) is 2.02. The van der Waals surface area contributed by atoms with E-state index in [4.69, 9.17) is 4.74 Å². The lowest BCUT2D eigenvalue weighted by atomic mass is 10.0. The third kappa shape index (κ3) is 2.44. The van der Waals surface area contributed by atoms with Gasteiger partial charge in [-0.1, -0.05) is 13.3 Å². The van der Waals surface area contributed by atoms with Crippen molar-refractivity contribution < 1.29 is 9.84 Å². The maximum atomic E-state index is 9.43. The van der Waals surface area contributed by atoms with Gasteiger partial charge >= 0.3 is 0 Å². The van der Waals surface area contributed by atoms with E-state index in [0.717, 1.165) is 26.0 Å². The van der Waals surface area contributed by atoms with Crippen LogP contribution in [0.25, 0.3) is 0 Å². The average Bonchev–Trinajstić information content (AvgIpc) is 2.05. The smallest absolute Gasteiger partial charge is 0.0753 e. The molecule has 1 aliphatic rings. The van der Waals surface area contributed by atoms with E-state index in [2.05, 4.69) is 12.2 Å². The molecule has 0 bridgehead atoms. The maximum absolute atomic E-state index is 9.43. The standard InChI is InChI=1S/C9H19NO2/c1-3-4-8-9(7(2)11)10-5-6-12-8/h7-11H,3-6H2,1-2H3. The van der Waals surface area contributed by atoms with Crippen molar-refractivity contribution >= 4 is 0 Å². The number of ether oxygens (including phenoxy) is 1. The molecular weight excluding hydrogens is 154 g/mol. The van der Waals surface area contributed by atoms with Crippen molar-refractivity contribution in [1.82, 2.24) is 5.32 Å². The summed E-state index contributed by atoms with van der Waals surface area (Å²) in [7, 11) is 0. The van der Waals surface area contributed by atoms with Gasteiger partial charge in [-0.2, -0.15) is 0 Å². The van der Waals surface area contributed by atoms with E-state index >= 15 is 0 Å². The first kappa shape index (κ1) is 9.96. The van der Waals surface area contributed by atoms with Crippen LogP contribution in [0.3, 0.4) is 0 Å². The summed E-state index contributed by atoms with van der Waals surface area (Å²) >= 11 is 0. The zero-order chi connectivity index (χ0) is 8.97. The number of morpholine rings is 1. The van der Waals surface area contributed by atoms with E-state index in [0.29, 0.717) is 0 Å². The molecule has 3 atom stereocenters. The van der Waals surface area contributed by atoms with Crippen LogP contribution < -0.4 is 5.32 Å². The zero-order valence-corrected chi connectivity index (χ0v) is 7.92. The molecule has 12 heavy (non-hydrogen) atoms. The van der Waals surface area contributed by atoms with Crippen molar-refractivity contribution in [2.45, 2.75) is 44.9 Å². The molecule has 1 rings (SSSR count). The quantitative estimate of drug-likeness (QED) is 0.654. The second-order valence-corrected chi connectivity index (χ2v) is 3.42. The van der Waals surface area contributed by atoms with Crippen molar-refractivity contribution in [3.8, 4) is 0 Å². The van der Waals surface area contributed by atoms with Crippen molar-refractivity contribution in [1.29, 1.82) is 0 Å². The van der Waals surface area contributed by atoms with Crippen molar-refractivity contribution in [3.63, 3.8) is 0 Å². The highest BCUT2D eigenvalue weighted by atomic mass is 16.5. The Morgan fingerprint density at radius 1 is 1.67 bits per heavy atom. The van der Waals surface area contributed by atoms with E-state index < -0.39 is 0 Å². The van der Waals surface area contributed by atoms with Crippen LogP contribution in [0.1, 0.15) is 26.7 Å². The zero-order valence-electron chi connectivity index (χ0n) is 7.92. The van der Waals surface area contributed by atoms with Crippen LogP contribution in [-0.2, 0) is 4.74 Å². The second kappa shape index (κ2) is 4.80. The minimum Gasteiger partial charge on any atom is -0.392 e. The van der Waals surface area contributed by atoms with Gasteiger partial charge in [-0.3, -0.25) is 0 Å². The SMILES string of the molecule is CCCC1OCCNC1C(C)O. The van der Waals surface area contributed by atoms with Gasteiger partial charge < -0.3 is 15.2 Å². The van der Waals surface area contributed by atoms with Crippen molar-refractivity contribution in [2.24, 2.45) is 0 Å². The average molecular weight is 173 g/mol. The van der Waals surface area contributed by atoms with Crippen molar-refractivity contribution in [3.05, 3.63) is 0 Å². The van der Waals surface area contributed by atoms with Gasteiger partial charge in [-0.15, -0.1) is 0 Å². The largest absolute Gasteiger partial charge is 0.392 e. The van der Waals surface area contributed by atoms with Gasteiger partial charge in [0, 0.05) is 6.54 Å². The fourth-order valence-electron chi connectivity index (χ4n) is 1.70. The number of nitrogens with one attached hydrogen (secondary N) is 1. The highest BCUT2D eigenvalue weighted by Gasteiger charge is 2.28. The molecule has 3 nitrogen and oxygen atoms in total. The Morgan fingerprint density at radius 2 is 2.42 bits per heavy atom. The van der Waals surface area contributed by atoms with E-state index in [1.54, 1.807) is 0 Å². The summed E-state index contributed by atoms with van der Waals surface area (Å²) in [5, 5.41) is 12.7. The molecule has 0 saturated carbocycles. The topological polar surface area (TPSA) is 41.5 Å². The van der Waals surface area contributed by atoms with Crippen LogP contribution in [0.5, 0.6) is 0 Å². The minimum absolute atomic E-state index is 0.124. The monoisotopic (exact) mass is 173 g/mol. The predicted molar refractivity (Wildman–Crippen MR) is 48.1 cm³/mol. The Morgan fingerprint density at radius 3 is 3.00 bits per heavy atom. The Kier molecular flexibility index (Phi) is 3.98. The van der Waals surface area contributed by atoms with Crippen LogP contribution in [0.15, 0.2) is 0 Å². The summed E-state index contributed by atoms with van der Waals surface area (Å²) in [6.45, 7) is 5.58. The number of aliphatic hydroxyl groups is 1. The normalized spacial score (nSPS) is 33.2. The molecule has 1 fully saturated rings. The van der Waals surface area contributed by atoms with Gasteiger partial charge in [0.05, 0.1) is 24.9 Å². The third-order valence-electron chi connectivity index (χ3n) is 2.31. The molecule has 0 aromatic carbocycles. The molecule has 0 amide bonds. The lowest BCUT2D eigenvalue weighted by Gasteiger charge is -2.34. The molecule has 0 radical (unpaired) electrons. The number of hydrogen-bond donors (Lipinski definition) is 2. The summed E-state index contributed by atoms with van der Waals surface area (Å²) in [4.78, 5) is 0. The molecule has 1 saturated heterocycles. The van der Waals surface area contributed by atoms with E-state index in [1.165, 1.54) is 0 Å². The van der Waals surface area contributed by atoms with Gasteiger partial charge in [0.1, 0.15) is 0 Å². The Labute approximate surface area is 74.1 Å². The number of hydrogen-bond acceptors (Lipinski definition) is 3. The molecule has 0 aromatic rings. The predicted octanol–water partition coefficient (Wildman–Crippen LogP) is 0.524. The number of rotatable bonds is 3. The highest BCUT2D eigenvalue weighted by molar-refractivity contribution is 4.84. The third-order valence-corrected chi connectivity index (χ3v) is 2.31. The lowest BCUT2D eigenvalue weighted by Crippen LogP contribution is -2.53. The molecule has 0 aromatic heterocycles. The fourth-order valence-corrected chi connectivity index (χ4v) is 1.70. The Balaban J connectivity index is 2.42. The van der Waals surface area contributed by atoms with Gasteiger partial charge in [-0.05, 0) is 13.3 Å². The first-order chi connectivity index (χ1) is 5.75. The highest BCUT2D eigenvalue weighted by Crippen LogP contribution is 2.13. The molecule has 3 heteroatoms. The molecule has 2 N–H and O–H groups in total. The molecule has 0 spiro atoms. The molecule has 1 heterocycles. The molecular formula is C9H19NO2. The summed E-state index contributed by atoms with van der Waals surface area (Å²) in [5.74, 6) is 0.